The van der Waals surface area contributed by atoms with Gasteiger partial charge in [0.05, 0.1) is 12.2 Å². The number of carbonyl (C=O) groups excluding carboxylic acids is 1. The van der Waals surface area contributed by atoms with Crippen LogP contribution in [0.25, 0.3) is 0 Å². The van der Waals surface area contributed by atoms with Gasteiger partial charge in [-0.1, -0.05) is 36.4 Å². The molecule has 0 aromatic heterocycles. The normalized spacial score (nSPS) is 10.9. The van der Waals surface area contributed by atoms with E-state index in [0.29, 0.717) is 16.9 Å². The molecule has 0 aliphatic carbocycles. The predicted molar refractivity (Wildman–Crippen MR) is 90.7 cm³/mol. The Morgan fingerprint density at radius 3 is 2.41 bits per heavy atom. The minimum Gasteiger partial charge on any atom is -0.482 e. The maximum absolute atomic E-state index is 12.0. The second kappa shape index (κ2) is 9.59. The van der Waals surface area contributed by atoms with E-state index in [4.69, 9.17) is 10.00 Å². The highest BCUT2D eigenvalue weighted by Crippen LogP contribution is 2.17. The quantitative estimate of drug-likeness (QED) is 0.765. The zero-order valence-electron chi connectivity index (χ0n) is 14.3. The van der Waals surface area contributed by atoms with Crippen LogP contribution < -0.4 is 10.1 Å². The Balaban J connectivity index is 1.74. The third-order valence-corrected chi connectivity index (χ3v) is 3.41. The maximum atomic E-state index is 12.0. The van der Waals surface area contributed by atoms with Crippen molar-refractivity contribution in [3.8, 4) is 11.8 Å². The lowest BCUT2D eigenvalue weighted by Crippen LogP contribution is -2.28. The van der Waals surface area contributed by atoms with E-state index in [0.717, 1.165) is 5.56 Å². The van der Waals surface area contributed by atoms with Crippen LogP contribution in [0.15, 0.2) is 48.5 Å². The predicted octanol–water partition coefficient (Wildman–Crippen LogP) is 3.33. The molecular weight excluding hydrogens is 361 g/mol. The summed E-state index contributed by atoms with van der Waals surface area (Å²) in [5.41, 5.74) is 1.72. The summed E-state index contributed by atoms with van der Waals surface area (Å²) in [4.78, 5) is 11.8. The molecule has 2 aromatic carbocycles. The fraction of sp³-hybridized carbons (Fsp3) is 0.263. The summed E-state index contributed by atoms with van der Waals surface area (Å²) in [5, 5.41) is 11.6. The summed E-state index contributed by atoms with van der Waals surface area (Å²) in [6, 6.07) is 15.2. The fourth-order valence-electron chi connectivity index (χ4n) is 2.12. The first-order valence-electron chi connectivity index (χ1n) is 7.98. The first-order chi connectivity index (χ1) is 12.9. The van der Waals surface area contributed by atoms with Gasteiger partial charge in [0.15, 0.2) is 6.61 Å². The molecule has 0 spiro atoms. The van der Waals surface area contributed by atoms with Crippen molar-refractivity contribution >= 4 is 5.91 Å². The Morgan fingerprint density at radius 1 is 1.07 bits per heavy atom. The molecule has 0 bridgehead atoms. The number of amides is 1. The minimum absolute atomic E-state index is 0.141. The number of halogens is 3. The van der Waals surface area contributed by atoms with Gasteiger partial charge >= 0.3 is 6.18 Å². The van der Waals surface area contributed by atoms with E-state index in [-0.39, 0.29) is 25.7 Å². The second-order valence-corrected chi connectivity index (χ2v) is 5.60. The van der Waals surface area contributed by atoms with Gasteiger partial charge in [0.1, 0.15) is 18.4 Å². The van der Waals surface area contributed by atoms with Crippen LogP contribution in [0.3, 0.4) is 0 Å². The van der Waals surface area contributed by atoms with Crippen LogP contribution in [0.2, 0.25) is 0 Å². The van der Waals surface area contributed by atoms with E-state index in [1.165, 1.54) is 0 Å². The van der Waals surface area contributed by atoms with Gasteiger partial charge in [0.2, 0.25) is 0 Å². The van der Waals surface area contributed by atoms with E-state index in [1.54, 1.807) is 48.5 Å². The Hall–Kier alpha value is -3.05. The number of rotatable bonds is 8. The molecule has 0 saturated carbocycles. The van der Waals surface area contributed by atoms with Gasteiger partial charge in [-0.3, -0.25) is 4.79 Å². The summed E-state index contributed by atoms with van der Waals surface area (Å²) in [5.74, 6) is -0.0290. The Labute approximate surface area is 154 Å². The molecule has 0 aliphatic heterocycles. The lowest BCUT2D eigenvalue weighted by atomic mass is 10.1. The number of hydrogen-bond donors (Lipinski definition) is 1. The van der Waals surface area contributed by atoms with Crippen molar-refractivity contribution in [2.24, 2.45) is 0 Å². The Kier molecular flexibility index (Phi) is 7.20. The van der Waals surface area contributed by atoms with Crippen LogP contribution >= 0.6 is 0 Å². The molecule has 1 N–H and O–H groups in total. The number of ether oxygens (including phenoxy) is 2. The van der Waals surface area contributed by atoms with Gasteiger partial charge in [-0.05, 0) is 23.3 Å². The van der Waals surface area contributed by atoms with Crippen molar-refractivity contribution < 1.29 is 27.4 Å². The number of para-hydroxylation sites is 1. The molecule has 5 nitrogen and oxygen atoms in total. The van der Waals surface area contributed by atoms with Crippen LogP contribution in [0.5, 0.6) is 5.75 Å². The van der Waals surface area contributed by atoms with Crippen molar-refractivity contribution in [3.63, 3.8) is 0 Å². The molecule has 2 aromatic rings. The zero-order chi connectivity index (χ0) is 19.7. The van der Waals surface area contributed by atoms with Crippen LogP contribution in [-0.2, 0) is 22.7 Å². The van der Waals surface area contributed by atoms with E-state index >= 15 is 0 Å². The first-order valence-corrected chi connectivity index (χ1v) is 7.98. The van der Waals surface area contributed by atoms with Crippen molar-refractivity contribution in [2.45, 2.75) is 19.3 Å². The molecule has 0 saturated heterocycles. The maximum Gasteiger partial charge on any atom is 0.411 e. The molecule has 8 heteroatoms. The summed E-state index contributed by atoms with van der Waals surface area (Å²) in [6.07, 6.45) is -4.35. The minimum atomic E-state index is -4.35. The molecule has 0 fully saturated rings. The van der Waals surface area contributed by atoms with Gasteiger partial charge in [-0.25, -0.2) is 0 Å². The van der Waals surface area contributed by atoms with Gasteiger partial charge in [-0.2, -0.15) is 18.4 Å². The first kappa shape index (κ1) is 20.3. The van der Waals surface area contributed by atoms with Crippen LogP contribution in [0, 0.1) is 11.3 Å². The zero-order valence-corrected chi connectivity index (χ0v) is 14.3. The van der Waals surface area contributed by atoms with E-state index in [1.807, 2.05) is 6.07 Å². The van der Waals surface area contributed by atoms with E-state index < -0.39 is 12.8 Å². The van der Waals surface area contributed by atoms with Gasteiger partial charge in [0, 0.05) is 6.54 Å². The molecule has 2 rings (SSSR count). The van der Waals surface area contributed by atoms with Gasteiger partial charge in [-0.15, -0.1) is 0 Å². The number of nitrogens with zero attached hydrogens (tertiary/aromatic N) is 1. The van der Waals surface area contributed by atoms with E-state index in [2.05, 4.69) is 10.1 Å². The second-order valence-electron chi connectivity index (χ2n) is 5.60. The number of benzene rings is 2. The highest BCUT2D eigenvalue weighted by molar-refractivity contribution is 5.77. The standard InChI is InChI=1S/C19H17F3N2O3/c20-19(21,22)13-26-11-15-7-5-14(6-8-15)10-24-18(25)12-27-17-4-2-1-3-16(17)9-23/h1-8H,10-13H2,(H,24,25). The average Bonchev–Trinajstić information content (AvgIpc) is 2.65. The summed E-state index contributed by atoms with van der Waals surface area (Å²) < 4.78 is 46.0. The smallest absolute Gasteiger partial charge is 0.411 e. The fourth-order valence-corrected chi connectivity index (χ4v) is 2.12. The Morgan fingerprint density at radius 2 is 1.74 bits per heavy atom. The highest BCUT2D eigenvalue weighted by atomic mass is 19.4. The van der Waals surface area contributed by atoms with Crippen LogP contribution in [0.4, 0.5) is 13.2 Å². The van der Waals surface area contributed by atoms with Crippen LogP contribution in [0.1, 0.15) is 16.7 Å². The van der Waals surface area contributed by atoms with Crippen molar-refractivity contribution in [2.75, 3.05) is 13.2 Å². The van der Waals surface area contributed by atoms with Crippen molar-refractivity contribution in [1.29, 1.82) is 5.26 Å². The lowest BCUT2D eigenvalue weighted by molar-refractivity contribution is -0.176. The summed E-state index contributed by atoms with van der Waals surface area (Å²) in [7, 11) is 0. The summed E-state index contributed by atoms with van der Waals surface area (Å²) >= 11 is 0. The SMILES string of the molecule is N#Cc1ccccc1OCC(=O)NCc1ccc(COCC(F)(F)F)cc1. The van der Waals surface area contributed by atoms with Crippen molar-refractivity contribution in [3.05, 3.63) is 65.2 Å². The molecule has 142 valence electrons. The molecule has 1 amide bonds. The van der Waals surface area contributed by atoms with Crippen molar-refractivity contribution in [1.82, 2.24) is 5.32 Å². The number of nitriles is 1. The number of alkyl halides is 3. The molecule has 27 heavy (non-hydrogen) atoms. The van der Waals surface area contributed by atoms with E-state index in [9.17, 15) is 18.0 Å². The summed E-state index contributed by atoms with van der Waals surface area (Å²) in [6.45, 7) is -1.42. The largest absolute Gasteiger partial charge is 0.482 e. The molecule has 0 unspecified atom stereocenters. The molecular formula is C19H17F3N2O3. The van der Waals surface area contributed by atoms with Gasteiger partial charge < -0.3 is 14.8 Å². The van der Waals surface area contributed by atoms with Gasteiger partial charge in [0.25, 0.3) is 5.91 Å². The number of carbonyl (C=O) groups is 1. The number of nitrogens with one attached hydrogen (secondary N) is 1. The molecule has 0 radical (unpaired) electrons. The highest BCUT2D eigenvalue weighted by Gasteiger charge is 2.27. The monoisotopic (exact) mass is 378 g/mol. The average molecular weight is 378 g/mol. The third-order valence-electron chi connectivity index (χ3n) is 3.41. The topological polar surface area (TPSA) is 71.3 Å². The lowest BCUT2D eigenvalue weighted by Gasteiger charge is -2.10. The third kappa shape index (κ3) is 7.38. The Bertz CT molecular complexity index is 799. The molecule has 0 heterocycles. The number of hydrogen-bond acceptors (Lipinski definition) is 4. The van der Waals surface area contributed by atoms with Crippen LogP contribution in [-0.4, -0.2) is 25.3 Å². The molecule has 0 aliphatic rings. The molecule has 0 atom stereocenters.